The molecule has 0 aromatic heterocycles. The maximum absolute atomic E-state index is 5.39. The van der Waals surface area contributed by atoms with Crippen molar-refractivity contribution in [3.63, 3.8) is 0 Å². The van der Waals surface area contributed by atoms with Crippen molar-refractivity contribution in [3.8, 4) is 0 Å². The summed E-state index contributed by atoms with van der Waals surface area (Å²) in [6.07, 6.45) is 4.19. The summed E-state index contributed by atoms with van der Waals surface area (Å²) in [5.74, 6) is 0.984. The molecule has 1 N–H and O–H groups in total. The maximum Gasteiger partial charge on any atom is 0.0594 e. The molecule has 1 saturated heterocycles. The molecule has 2 fully saturated rings. The van der Waals surface area contributed by atoms with Gasteiger partial charge in [-0.3, -0.25) is 4.90 Å². The Balaban J connectivity index is 1.48. The van der Waals surface area contributed by atoms with Crippen molar-refractivity contribution >= 4 is 5.69 Å². The van der Waals surface area contributed by atoms with Crippen LogP contribution in [0.3, 0.4) is 0 Å². The van der Waals surface area contributed by atoms with Crippen molar-refractivity contribution in [2.75, 3.05) is 31.6 Å². The SMILES string of the molecule is CC(CC1CC1)Nc1ccc(CN2CCOCC2)cc1. The first-order chi connectivity index (χ1) is 9.79. The highest BCUT2D eigenvalue weighted by molar-refractivity contribution is 5.45. The van der Waals surface area contributed by atoms with Gasteiger partial charge in [0.2, 0.25) is 0 Å². The van der Waals surface area contributed by atoms with Crippen LogP contribution >= 0.6 is 0 Å². The molecule has 3 heteroatoms. The molecular weight excluding hydrogens is 248 g/mol. The fourth-order valence-corrected chi connectivity index (χ4v) is 2.92. The molecular formula is C17H26N2O. The molecule has 3 nitrogen and oxygen atoms in total. The lowest BCUT2D eigenvalue weighted by molar-refractivity contribution is 0.0342. The summed E-state index contributed by atoms with van der Waals surface area (Å²) in [6, 6.07) is 9.54. The lowest BCUT2D eigenvalue weighted by Gasteiger charge is -2.26. The number of nitrogens with zero attached hydrogens (tertiary/aromatic N) is 1. The van der Waals surface area contributed by atoms with Crippen molar-refractivity contribution in [1.29, 1.82) is 0 Å². The van der Waals surface area contributed by atoms with Gasteiger partial charge >= 0.3 is 0 Å². The van der Waals surface area contributed by atoms with E-state index in [2.05, 4.69) is 41.4 Å². The summed E-state index contributed by atoms with van der Waals surface area (Å²) in [6.45, 7) is 7.19. The molecule has 1 atom stereocenters. The highest BCUT2D eigenvalue weighted by Gasteiger charge is 2.23. The Morgan fingerprint density at radius 3 is 2.55 bits per heavy atom. The Labute approximate surface area is 122 Å². The average molecular weight is 274 g/mol. The predicted octanol–water partition coefficient (Wildman–Crippen LogP) is 3.12. The Kier molecular flexibility index (Phi) is 4.58. The highest BCUT2D eigenvalue weighted by atomic mass is 16.5. The lowest BCUT2D eigenvalue weighted by Crippen LogP contribution is -2.35. The number of morpholine rings is 1. The molecule has 0 radical (unpaired) electrons. The quantitative estimate of drug-likeness (QED) is 0.862. The number of benzene rings is 1. The van der Waals surface area contributed by atoms with E-state index >= 15 is 0 Å². The number of hydrogen-bond donors (Lipinski definition) is 1. The Morgan fingerprint density at radius 2 is 1.90 bits per heavy atom. The van der Waals surface area contributed by atoms with E-state index in [-0.39, 0.29) is 0 Å². The molecule has 0 spiro atoms. The monoisotopic (exact) mass is 274 g/mol. The van der Waals surface area contributed by atoms with Gasteiger partial charge in [-0.2, -0.15) is 0 Å². The van der Waals surface area contributed by atoms with Crippen LogP contribution in [0.15, 0.2) is 24.3 Å². The highest BCUT2D eigenvalue weighted by Crippen LogP contribution is 2.34. The second-order valence-electron chi connectivity index (χ2n) is 6.31. The normalized spacial score (nSPS) is 21.6. The Morgan fingerprint density at radius 1 is 1.20 bits per heavy atom. The number of nitrogens with one attached hydrogen (secondary N) is 1. The van der Waals surface area contributed by atoms with Gasteiger partial charge < -0.3 is 10.1 Å². The van der Waals surface area contributed by atoms with Gasteiger partial charge in [0.25, 0.3) is 0 Å². The summed E-state index contributed by atoms with van der Waals surface area (Å²) in [7, 11) is 0. The molecule has 1 aromatic rings. The van der Waals surface area contributed by atoms with Gasteiger partial charge in [0.1, 0.15) is 0 Å². The van der Waals surface area contributed by atoms with Crippen LogP contribution in [0.25, 0.3) is 0 Å². The van der Waals surface area contributed by atoms with Crippen LogP contribution in [0.4, 0.5) is 5.69 Å². The number of hydrogen-bond acceptors (Lipinski definition) is 3. The van der Waals surface area contributed by atoms with Crippen molar-refractivity contribution in [1.82, 2.24) is 4.90 Å². The zero-order valence-electron chi connectivity index (χ0n) is 12.5. The van der Waals surface area contributed by atoms with Crippen molar-refractivity contribution < 1.29 is 4.74 Å². The average Bonchev–Trinajstić information content (AvgIpc) is 3.26. The molecule has 1 aliphatic carbocycles. The van der Waals surface area contributed by atoms with Crippen LogP contribution in [0, 0.1) is 5.92 Å². The first-order valence-electron chi connectivity index (χ1n) is 7.95. The first-order valence-corrected chi connectivity index (χ1v) is 7.95. The molecule has 3 rings (SSSR count). The predicted molar refractivity (Wildman–Crippen MR) is 83.0 cm³/mol. The number of anilines is 1. The molecule has 1 aromatic carbocycles. The zero-order chi connectivity index (χ0) is 13.8. The van der Waals surface area contributed by atoms with Crippen LogP contribution in [-0.4, -0.2) is 37.2 Å². The third-order valence-corrected chi connectivity index (χ3v) is 4.26. The second-order valence-corrected chi connectivity index (χ2v) is 6.31. The van der Waals surface area contributed by atoms with Gasteiger partial charge in [-0.15, -0.1) is 0 Å². The van der Waals surface area contributed by atoms with Gasteiger partial charge in [0.05, 0.1) is 13.2 Å². The van der Waals surface area contributed by atoms with E-state index in [0.29, 0.717) is 6.04 Å². The summed E-state index contributed by atoms with van der Waals surface area (Å²) >= 11 is 0. The van der Waals surface area contributed by atoms with E-state index < -0.39 is 0 Å². The van der Waals surface area contributed by atoms with Crippen LogP contribution in [0.5, 0.6) is 0 Å². The van der Waals surface area contributed by atoms with Crippen LogP contribution in [0.2, 0.25) is 0 Å². The van der Waals surface area contributed by atoms with E-state index in [1.165, 1.54) is 30.5 Å². The molecule has 0 amide bonds. The minimum Gasteiger partial charge on any atom is -0.383 e. The van der Waals surface area contributed by atoms with E-state index in [1.54, 1.807) is 0 Å². The Bertz CT molecular complexity index is 408. The summed E-state index contributed by atoms with van der Waals surface area (Å²) in [5, 5.41) is 3.61. The minimum atomic E-state index is 0.590. The molecule has 110 valence electrons. The Hall–Kier alpha value is -1.06. The fourth-order valence-electron chi connectivity index (χ4n) is 2.92. The second kappa shape index (κ2) is 6.59. The molecule has 1 unspecified atom stereocenters. The number of rotatable bonds is 6. The summed E-state index contributed by atoms with van der Waals surface area (Å²) < 4.78 is 5.39. The van der Waals surface area contributed by atoms with E-state index in [1.807, 2.05) is 0 Å². The molecule has 0 bridgehead atoms. The minimum absolute atomic E-state index is 0.590. The smallest absolute Gasteiger partial charge is 0.0594 e. The molecule has 1 heterocycles. The van der Waals surface area contributed by atoms with E-state index in [4.69, 9.17) is 4.74 Å². The van der Waals surface area contributed by atoms with Crippen molar-refractivity contribution in [3.05, 3.63) is 29.8 Å². The van der Waals surface area contributed by atoms with Gasteiger partial charge in [-0.05, 0) is 37.0 Å². The number of ether oxygens (including phenoxy) is 1. The van der Waals surface area contributed by atoms with Crippen LogP contribution in [-0.2, 0) is 11.3 Å². The summed E-state index contributed by atoms with van der Waals surface area (Å²) in [5.41, 5.74) is 2.65. The standard InChI is InChI=1S/C17H26N2O/c1-14(12-15-2-3-15)18-17-6-4-16(5-7-17)13-19-8-10-20-11-9-19/h4-7,14-15,18H,2-3,8-13H2,1H3. The molecule has 2 aliphatic rings. The lowest BCUT2D eigenvalue weighted by atomic mass is 10.1. The topological polar surface area (TPSA) is 24.5 Å². The van der Waals surface area contributed by atoms with E-state index in [0.717, 1.165) is 38.8 Å². The first kappa shape index (κ1) is 13.9. The van der Waals surface area contributed by atoms with Gasteiger partial charge in [-0.25, -0.2) is 0 Å². The van der Waals surface area contributed by atoms with Gasteiger partial charge in [-0.1, -0.05) is 25.0 Å². The van der Waals surface area contributed by atoms with Crippen molar-refractivity contribution in [2.45, 2.75) is 38.8 Å². The maximum atomic E-state index is 5.39. The fraction of sp³-hybridized carbons (Fsp3) is 0.647. The molecule has 1 aliphatic heterocycles. The van der Waals surface area contributed by atoms with Gasteiger partial charge in [0.15, 0.2) is 0 Å². The van der Waals surface area contributed by atoms with Crippen LogP contribution < -0.4 is 5.32 Å². The third kappa shape index (κ3) is 4.22. The van der Waals surface area contributed by atoms with E-state index in [9.17, 15) is 0 Å². The zero-order valence-corrected chi connectivity index (χ0v) is 12.5. The molecule has 20 heavy (non-hydrogen) atoms. The van der Waals surface area contributed by atoms with Crippen LogP contribution in [0.1, 0.15) is 31.7 Å². The van der Waals surface area contributed by atoms with Gasteiger partial charge in [0, 0.05) is 31.4 Å². The third-order valence-electron chi connectivity index (χ3n) is 4.26. The summed E-state index contributed by atoms with van der Waals surface area (Å²) in [4.78, 5) is 2.46. The molecule has 1 saturated carbocycles. The largest absolute Gasteiger partial charge is 0.383 e. The van der Waals surface area contributed by atoms with Crippen molar-refractivity contribution in [2.24, 2.45) is 5.92 Å².